The average molecular weight is 291 g/mol. The quantitative estimate of drug-likeness (QED) is 0.361. The molecule has 0 radical (unpaired) electrons. The van der Waals surface area contributed by atoms with E-state index in [2.05, 4.69) is 31.3 Å². The van der Waals surface area contributed by atoms with Crippen molar-refractivity contribution in [3.8, 4) is 0 Å². The Hall–Kier alpha value is -2.67. The molecular weight excluding hydrogens is 266 g/mol. The number of allylic oxidation sites excluding steroid dienone is 13. The molecule has 0 fully saturated rings. The highest BCUT2D eigenvalue weighted by atomic mass is 14.7. The molecule has 0 spiro atoms. The van der Waals surface area contributed by atoms with Crippen LogP contribution in [0.2, 0.25) is 0 Å². The van der Waals surface area contributed by atoms with Crippen LogP contribution in [0.4, 0.5) is 0 Å². The molecule has 22 heavy (non-hydrogen) atoms. The molecule has 114 valence electrons. The smallest absolute Gasteiger partial charge is 0.0441 e. The zero-order valence-electron chi connectivity index (χ0n) is 13.6. The Morgan fingerprint density at radius 3 is 2.09 bits per heavy atom. The third kappa shape index (κ3) is 7.81. The molecule has 0 aliphatic carbocycles. The first-order chi connectivity index (χ1) is 10.6. The van der Waals surface area contributed by atoms with E-state index in [1.165, 1.54) is 0 Å². The minimum atomic E-state index is 0.895. The largest absolute Gasteiger partial charge is 0.261 e. The highest BCUT2D eigenvalue weighted by molar-refractivity contribution is 6.01. The molecule has 0 aromatic rings. The summed E-state index contributed by atoms with van der Waals surface area (Å²) in [7, 11) is 0. The summed E-state index contributed by atoms with van der Waals surface area (Å²) in [5.74, 6) is 0. The van der Waals surface area contributed by atoms with Crippen LogP contribution in [0.1, 0.15) is 13.8 Å². The van der Waals surface area contributed by atoms with E-state index in [0.29, 0.717) is 0 Å². The fraction of sp³-hybridized carbons (Fsp3) is 0.0952. The Morgan fingerprint density at radius 1 is 0.864 bits per heavy atom. The molecular formula is C21H25N. The Labute approximate surface area is 135 Å². The van der Waals surface area contributed by atoms with Gasteiger partial charge in [-0.25, -0.2) is 0 Å². The molecule has 0 rings (SSSR count). The molecule has 0 saturated carbocycles. The molecule has 1 nitrogen and oxygen atoms in total. The number of hydrogen-bond acceptors (Lipinski definition) is 1. The second kappa shape index (κ2) is 12.1. The van der Waals surface area contributed by atoms with Crippen LogP contribution in [-0.2, 0) is 0 Å². The lowest BCUT2D eigenvalue weighted by Crippen LogP contribution is -1.93. The van der Waals surface area contributed by atoms with Gasteiger partial charge in [-0.05, 0) is 36.6 Å². The van der Waals surface area contributed by atoms with Crippen LogP contribution in [-0.4, -0.2) is 5.71 Å². The Balaban J connectivity index is 5.20. The summed E-state index contributed by atoms with van der Waals surface area (Å²) >= 11 is 0. The van der Waals surface area contributed by atoms with E-state index in [4.69, 9.17) is 0 Å². The zero-order chi connectivity index (χ0) is 16.8. The Bertz CT molecular complexity index is 587. The van der Waals surface area contributed by atoms with Crippen LogP contribution in [0.3, 0.4) is 0 Å². The van der Waals surface area contributed by atoms with E-state index < -0.39 is 0 Å². The molecule has 0 aromatic carbocycles. The molecule has 0 aliphatic rings. The lowest BCUT2D eigenvalue weighted by atomic mass is 10.0. The predicted molar refractivity (Wildman–Crippen MR) is 102 cm³/mol. The first-order valence-electron chi connectivity index (χ1n) is 7.08. The van der Waals surface area contributed by atoms with Gasteiger partial charge in [0.2, 0.25) is 0 Å². The van der Waals surface area contributed by atoms with Gasteiger partial charge in [-0.15, -0.1) is 0 Å². The molecule has 0 unspecified atom stereocenters. The van der Waals surface area contributed by atoms with Gasteiger partial charge in [0.15, 0.2) is 0 Å². The van der Waals surface area contributed by atoms with Crippen molar-refractivity contribution in [2.24, 2.45) is 4.99 Å². The number of hydrogen-bond donors (Lipinski definition) is 0. The van der Waals surface area contributed by atoms with Gasteiger partial charge in [-0.3, -0.25) is 4.99 Å². The van der Waals surface area contributed by atoms with Gasteiger partial charge in [-0.1, -0.05) is 81.0 Å². The van der Waals surface area contributed by atoms with Gasteiger partial charge < -0.3 is 0 Å². The van der Waals surface area contributed by atoms with Crippen molar-refractivity contribution < 1.29 is 0 Å². The van der Waals surface area contributed by atoms with Crippen molar-refractivity contribution in [1.29, 1.82) is 0 Å². The maximum Gasteiger partial charge on any atom is 0.0441 e. The minimum Gasteiger partial charge on any atom is -0.261 e. The van der Waals surface area contributed by atoms with Crippen LogP contribution < -0.4 is 0 Å². The van der Waals surface area contributed by atoms with Gasteiger partial charge >= 0.3 is 0 Å². The van der Waals surface area contributed by atoms with Crippen molar-refractivity contribution in [2.75, 3.05) is 0 Å². The van der Waals surface area contributed by atoms with E-state index in [0.717, 1.165) is 22.4 Å². The molecule has 0 aromatic heterocycles. The SMILES string of the molecule is C=C\C=C/N=C(C)/C(/C=C\C(=C)C(/C=C\C=C)=C/C=C)=C/C. The maximum atomic E-state index is 4.35. The van der Waals surface area contributed by atoms with E-state index in [-0.39, 0.29) is 0 Å². The fourth-order valence-corrected chi connectivity index (χ4v) is 1.57. The monoisotopic (exact) mass is 291 g/mol. The van der Waals surface area contributed by atoms with Crippen molar-refractivity contribution in [1.82, 2.24) is 0 Å². The van der Waals surface area contributed by atoms with E-state index >= 15 is 0 Å². The topological polar surface area (TPSA) is 12.4 Å². The summed E-state index contributed by atoms with van der Waals surface area (Å²) in [6.45, 7) is 19.1. The summed E-state index contributed by atoms with van der Waals surface area (Å²) < 4.78 is 0. The van der Waals surface area contributed by atoms with Gasteiger partial charge in [0.05, 0.1) is 0 Å². The Morgan fingerprint density at radius 2 is 1.55 bits per heavy atom. The molecule has 1 heteroatoms. The lowest BCUT2D eigenvalue weighted by Gasteiger charge is -2.03. The van der Waals surface area contributed by atoms with Crippen molar-refractivity contribution in [3.63, 3.8) is 0 Å². The molecule has 0 atom stereocenters. The fourth-order valence-electron chi connectivity index (χ4n) is 1.57. The van der Waals surface area contributed by atoms with E-state index in [9.17, 15) is 0 Å². The molecule has 0 N–H and O–H groups in total. The molecule has 0 bridgehead atoms. The summed E-state index contributed by atoms with van der Waals surface area (Å²) in [4.78, 5) is 4.35. The number of nitrogens with zero attached hydrogens (tertiary/aromatic N) is 1. The van der Waals surface area contributed by atoms with Crippen LogP contribution in [0.5, 0.6) is 0 Å². The highest BCUT2D eigenvalue weighted by Gasteiger charge is 1.97. The summed E-state index contributed by atoms with van der Waals surface area (Å²) in [6.07, 6.45) is 20.4. The van der Waals surface area contributed by atoms with E-state index in [1.54, 1.807) is 30.5 Å². The molecule has 0 aliphatic heterocycles. The number of aliphatic imine (C=N–C) groups is 1. The van der Waals surface area contributed by atoms with E-state index in [1.807, 2.05) is 50.3 Å². The van der Waals surface area contributed by atoms with Gasteiger partial charge in [0.1, 0.15) is 0 Å². The van der Waals surface area contributed by atoms with Crippen molar-refractivity contribution in [2.45, 2.75) is 13.8 Å². The standard InChI is InChI=1S/C21H25N/c1-7-11-14-21(13-9-3)18(5)15-16-20(10-4)19(6)22-17-12-8-2/h7-17H,1-3,5H2,4,6H3/b14-11-,16-15-,17-12-,20-10+,21-13+,22-19+. The highest BCUT2D eigenvalue weighted by Crippen LogP contribution is 2.13. The summed E-state index contributed by atoms with van der Waals surface area (Å²) in [5, 5.41) is 0. The summed E-state index contributed by atoms with van der Waals surface area (Å²) in [6, 6.07) is 0. The van der Waals surface area contributed by atoms with Crippen molar-refractivity contribution in [3.05, 3.63) is 110 Å². The third-order valence-corrected chi connectivity index (χ3v) is 2.76. The Kier molecular flexibility index (Phi) is 10.6. The normalized spacial score (nSPS) is 14.0. The van der Waals surface area contributed by atoms with Crippen LogP contribution >= 0.6 is 0 Å². The molecule has 0 heterocycles. The van der Waals surface area contributed by atoms with Crippen LogP contribution in [0, 0.1) is 0 Å². The van der Waals surface area contributed by atoms with Crippen LogP contribution in [0.15, 0.2) is 115 Å². The zero-order valence-corrected chi connectivity index (χ0v) is 13.6. The minimum absolute atomic E-state index is 0.895. The average Bonchev–Trinajstić information content (AvgIpc) is 2.52. The maximum absolute atomic E-state index is 4.35. The first kappa shape index (κ1) is 19.3. The van der Waals surface area contributed by atoms with Gasteiger partial charge in [-0.2, -0.15) is 0 Å². The third-order valence-electron chi connectivity index (χ3n) is 2.76. The second-order valence-corrected chi connectivity index (χ2v) is 4.35. The van der Waals surface area contributed by atoms with Gasteiger partial charge in [0.25, 0.3) is 0 Å². The predicted octanol–water partition coefficient (Wildman–Crippen LogP) is 6.06. The summed E-state index contributed by atoms with van der Waals surface area (Å²) in [5.41, 5.74) is 3.86. The lowest BCUT2D eigenvalue weighted by molar-refractivity contribution is 1.48. The van der Waals surface area contributed by atoms with Crippen molar-refractivity contribution >= 4 is 5.71 Å². The van der Waals surface area contributed by atoms with Gasteiger partial charge in [0, 0.05) is 11.9 Å². The number of rotatable bonds is 9. The molecule has 0 saturated heterocycles. The second-order valence-electron chi connectivity index (χ2n) is 4.35. The van der Waals surface area contributed by atoms with Crippen LogP contribution in [0.25, 0.3) is 0 Å². The molecule has 0 amide bonds. The first-order valence-corrected chi connectivity index (χ1v) is 7.08.